The van der Waals surface area contributed by atoms with Crippen molar-refractivity contribution in [1.29, 1.82) is 0 Å². The molecule has 1 aliphatic heterocycles. The van der Waals surface area contributed by atoms with Crippen molar-refractivity contribution in [2.24, 2.45) is 0 Å². The number of hydrogen-bond donors (Lipinski definition) is 0. The molecule has 0 bridgehead atoms. The lowest BCUT2D eigenvalue weighted by Crippen LogP contribution is -2.42. The van der Waals surface area contributed by atoms with Crippen LogP contribution in [0, 0.1) is 0 Å². The van der Waals surface area contributed by atoms with Crippen molar-refractivity contribution < 1.29 is 8.95 Å². The van der Waals surface area contributed by atoms with Crippen LogP contribution in [0.3, 0.4) is 0 Å². The van der Waals surface area contributed by atoms with Gasteiger partial charge < -0.3 is 4.74 Å². The Morgan fingerprint density at radius 2 is 1.55 bits per heavy atom. The number of rotatable bonds is 4. The summed E-state index contributed by atoms with van der Waals surface area (Å²) in [5.74, 6) is 0. The molecule has 0 spiro atoms. The third-order valence-electron chi connectivity index (χ3n) is 5.04. The molecule has 2 unspecified atom stereocenters. The van der Waals surface area contributed by atoms with Crippen LogP contribution in [0.4, 0.5) is 0 Å². The number of hydrogen-bond acceptors (Lipinski definition) is 2. The third kappa shape index (κ3) is 4.73. The van der Waals surface area contributed by atoms with Crippen molar-refractivity contribution in [2.75, 3.05) is 6.61 Å². The fraction of sp³-hybridized carbons (Fsp3) is 0.217. The summed E-state index contributed by atoms with van der Waals surface area (Å²) in [6, 6.07) is 23.4. The maximum Gasteiger partial charge on any atom is 0.131 e. The smallest absolute Gasteiger partial charge is 0.131 e. The molecule has 0 aromatic heterocycles. The van der Waals surface area contributed by atoms with Crippen molar-refractivity contribution >= 4 is 34.2 Å². The monoisotopic (exact) mass is 445 g/mol. The van der Waals surface area contributed by atoms with Crippen molar-refractivity contribution in [1.82, 2.24) is 4.31 Å². The second-order valence-corrected chi connectivity index (χ2v) is 9.19. The number of halogens is 2. The van der Waals surface area contributed by atoms with E-state index in [0.717, 1.165) is 17.5 Å². The summed E-state index contributed by atoms with van der Waals surface area (Å²) in [5, 5.41) is 0.816. The van der Waals surface area contributed by atoms with Gasteiger partial charge in [0.15, 0.2) is 0 Å². The minimum atomic E-state index is -1.53. The maximum atomic E-state index is 13.7. The van der Waals surface area contributed by atoms with E-state index in [1.54, 1.807) is 18.2 Å². The maximum absolute atomic E-state index is 13.7. The Morgan fingerprint density at radius 3 is 2.28 bits per heavy atom. The Morgan fingerprint density at radius 1 is 0.897 bits per heavy atom. The van der Waals surface area contributed by atoms with E-state index in [0.29, 0.717) is 34.7 Å². The van der Waals surface area contributed by atoms with Crippen molar-refractivity contribution in [2.45, 2.75) is 30.5 Å². The lowest BCUT2D eigenvalue weighted by atomic mass is 10.0. The van der Waals surface area contributed by atoms with Gasteiger partial charge in [0.1, 0.15) is 11.0 Å². The van der Waals surface area contributed by atoms with E-state index in [-0.39, 0.29) is 6.04 Å². The van der Waals surface area contributed by atoms with Crippen LogP contribution in [-0.4, -0.2) is 21.2 Å². The van der Waals surface area contributed by atoms with Crippen LogP contribution >= 0.6 is 23.2 Å². The van der Waals surface area contributed by atoms with Crippen LogP contribution in [0.5, 0.6) is 0 Å². The molecule has 0 aliphatic carbocycles. The number of ether oxygens (including phenoxy) is 1. The topological polar surface area (TPSA) is 29.5 Å². The Labute approximate surface area is 183 Å². The van der Waals surface area contributed by atoms with Gasteiger partial charge >= 0.3 is 0 Å². The highest BCUT2D eigenvalue weighted by Crippen LogP contribution is 2.32. The fourth-order valence-electron chi connectivity index (χ4n) is 3.55. The standard InChI is InChI=1S/C23H21Cl2NO2S/c24-21-11-6-12-22(25)23(21)29(27)26-14-18-9-4-5-10-19(18)15-28-16-20(26)13-17-7-2-1-3-8-17/h1-12,20H,13-16H2. The average Bonchev–Trinajstić information content (AvgIpc) is 2.71. The van der Waals surface area contributed by atoms with E-state index < -0.39 is 11.0 Å². The predicted octanol–water partition coefficient (Wildman–Crippen LogP) is 5.66. The van der Waals surface area contributed by atoms with Gasteiger partial charge in [0.25, 0.3) is 0 Å². The minimum absolute atomic E-state index is 0.0843. The number of benzene rings is 3. The molecule has 0 saturated heterocycles. The zero-order valence-corrected chi connectivity index (χ0v) is 18.1. The molecule has 6 heteroatoms. The van der Waals surface area contributed by atoms with Crippen molar-refractivity contribution in [3.8, 4) is 0 Å². The first-order valence-electron chi connectivity index (χ1n) is 9.44. The highest BCUT2D eigenvalue weighted by atomic mass is 35.5. The van der Waals surface area contributed by atoms with Crippen LogP contribution in [0.15, 0.2) is 77.7 Å². The predicted molar refractivity (Wildman–Crippen MR) is 118 cm³/mol. The molecular weight excluding hydrogens is 425 g/mol. The molecule has 29 heavy (non-hydrogen) atoms. The van der Waals surface area contributed by atoms with E-state index in [1.807, 2.05) is 34.6 Å². The quantitative estimate of drug-likeness (QED) is 0.518. The summed E-state index contributed by atoms with van der Waals surface area (Å²) in [7, 11) is -1.53. The van der Waals surface area contributed by atoms with E-state index in [1.165, 1.54) is 5.56 Å². The molecule has 0 radical (unpaired) electrons. The molecule has 4 rings (SSSR count). The van der Waals surface area contributed by atoms with E-state index in [4.69, 9.17) is 27.9 Å². The van der Waals surface area contributed by atoms with Gasteiger partial charge in [-0.3, -0.25) is 0 Å². The van der Waals surface area contributed by atoms with Crippen LogP contribution in [0.2, 0.25) is 10.0 Å². The molecule has 3 aromatic carbocycles. The van der Waals surface area contributed by atoms with Gasteiger partial charge in [-0.05, 0) is 35.2 Å². The summed E-state index contributed by atoms with van der Waals surface area (Å²) < 4.78 is 21.7. The summed E-state index contributed by atoms with van der Waals surface area (Å²) >= 11 is 12.8. The van der Waals surface area contributed by atoms with E-state index in [2.05, 4.69) is 24.3 Å². The normalized spacial score (nSPS) is 18.5. The lowest BCUT2D eigenvalue weighted by Gasteiger charge is -2.33. The Kier molecular flexibility index (Phi) is 6.68. The first kappa shape index (κ1) is 20.6. The zero-order chi connectivity index (χ0) is 20.2. The highest BCUT2D eigenvalue weighted by Gasteiger charge is 2.30. The first-order valence-corrected chi connectivity index (χ1v) is 11.3. The highest BCUT2D eigenvalue weighted by molar-refractivity contribution is 7.83. The molecule has 150 valence electrons. The molecule has 0 N–H and O–H groups in total. The third-order valence-corrected chi connectivity index (χ3v) is 7.54. The van der Waals surface area contributed by atoms with Gasteiger partial charge in [-0.2, -0.15) is 0 Å². The first-order chi connectivity index (χ1) is 14.1. The molecular formula is C23H21Cl2NO2S. The molecule has 3 aromatic rings. The van der Waals surface area contributed by atoms with Crippen LogP contribution in [0.25, 0.3) is 0 Å². The van der Waals surface area contributed by atoms with Crippen LogP contribution in [-0.2, 0) is 35.3 Å². The Bertz CT molecular complexity index is 993. The number of nitrogens with zero attached hydrogens (tertiary/aromatic N) is 1. The summed E-state index contributed by atoms with van der Waals surface area (Å²) in [6.45, 7) is 1.55. The van der Waals surface area contributed by atoms with Crippen molar-refractivity contribution in [3.05, 3.63) is 99.5 Å². The molecule has 2 atom stereocenters. The van der Waals surface area contributed by atoms with Gasteiger partial charge in [-0.1, -0.05) is 83.9 Å². The van der Waals surface area contributed by atoms with Crippen LogP contribution < -0.4 is 0 Å². The van der Waals surface area contributed by atoms with E-state index >= 15 is 0 Å². The molecule has 1 aliphatic rings. The molecule has 0 fully saturated rings. The van der Waals surface area contributed by atoms with Gasteiger partial charge in [-0.15, -0.1) is 0 Å². The minimum Gasteiger partial charge on any atom is -0.375 e. The fourth-order valence-corrected chi connectivity index (χ4v) is 5.71. The second kappa shape index (κ2) is 9.41. The van der Waals surface area contributed by atoms with Gasteiger partial charge in [0.05, 0.1) is 34.2 Å². The number of fused-ring (bicyclic) bond motifs is 1. The molecule has 1 heterocycles. The Hall–Kier alpha value is -1.69. The molecule has 0 saturated carbocycles. The molecule has 3 nitrogen and oxygen atoms in total. The van der Waals surface area contributed by atoms with Gasteiger partial charge in [0.2, 0.25) is 0 Å². The lowest BCUT2D eigenvalue weighted by molar-refractivity contribution is 0.0690. The van der Waals surface area contributed by atoms with Crippen LogP contribution in [0.1, 0.15) is 16.7 Å². The zero-order valence-electron chi connectivity index (χ0n) is 15.8. The summed E-state index contributed by atoms with van der Waals surface area (Å²) in [4.78, 5) is 0.451. The SMILES string of the molecule is O=S(c1c(Cl)cccc1Cl)N1Cc2ccccc2COCC1Cc1ccccc1. The second-order valence-electron chi connectivity index (χ2n) is 7.00. The average molecular weight is 446 g/mol. The Balaban J connectivity index is 1.74. The summed E-state index contributed by atoms with van der Waals surface area (Å²) in [6.07, 6.45) is 0.719. The van der Waals surface area contributed by atoms with Gasteiger partial charge in [-0.25, -0.2) is 8.51 Å². The van der Waals surface area contributed by atoms with E-state index in [9.17, 15) is 4.21 Å². The van der Waals surface area contributed by atoms with Crippen molar-refractivity contribution in [3.63, 3.8) is 0 Å². The largest absolute Gasteiger partial charge is 0.375 e. The molecule has 0 amide bonds. The summed E-state index contributed by atoms with van der Waals surface area (Å²) in [5.41, 5.74) is 3.38. The van der Waals surface area contributed by atoms with Gasteiger partial charge in [0, 0.05) is 6.54 Å².